The average Bonchev–Trinajstić information content (AvgIpc) is 3.26. The molecule has 7 nitrogen and oxygen atoms in total. The number of Topliss-reactive ketones (excluding diaryl/α,β-unsaturated/α-hetero) is 1. The third-order valence-electron chi connectivity index (χ3n) is 3.30. The fourth-order valence-corrected chi connectivity index (χ4v) is 2.92. The van der Waals surface area contributed by atoms with Gasteiger partial charge in [-0.3, -0.25) is 10.2 Å². The van der Waals surface area contributed by atoms with Crippen molar-refractivity contribution in [3.05, 3.63) is 64.6 Å². The third kappa shape index (κ3) is 4.22. The SMILES string of the molecule is CC(=O)c1sc(N/N=C/c2ccc(OC(=O)c3ccco3)cc2)nc1C. The highest BCUT2D eigenvalue weighted by atomic mass is 32.1. The van der Waals surface area contributed by atoms with Gasteiger partial charge in [-0.15, -0.1) is 0 Å². The minimum absolute atomic E-state index is 0.0169. The number of carbonyl (C=O) groups excluding carboxylic acids is 2. The Labute approximate surface area is 153 Å². The van der Waals surface area contributed by atoms with Crippen LogP contribution in [0.15, 0.2) is 52.2 Å². The molecular formula is C18H15N3O4S. The highest BCUT2D eigenvalue weighted by molar-refractivity contribution is 7.17. The minimum atomic E-state index is -0.557. The lowest BCUT2D eigenvalue weighted by Crippen LogP contribution is -2.07. The highest BCUT2D eigenvalue weighted by Gasteiger charge is 2.11. The van der Waals surface area contributed by atoms with Crippen LogP contribution in [0.5, 0.6) is 5.75 Å². The Morgan fingerprint density at radius 1 is 1.27 bits per heavy atom. The molecule has 3 rings (SSSR count). The van der Waals surface area contributed by atoms with Crippen LogP contribution in [0.25, 0.3) is 0 Å². The van der Waals surface area contributed by atoms with Crippen molar-refractivity contribution < 1.29 is 18.7 Å². The van der Waals surface area contributed by atoms with Crippen molar-refractivity contribution in [3.8, 4) is 5.75 Å². The summed E-state index contributed by atoms with van der Waals surface area (Å²) in [5, 5.41) is 4.64. The Kier molecular flexibility index (Phi) is 5.23. The second-order valence-electron chi connectivity index (χ2n) is 5.30. The molecule has 0 saturated carbocycles. The number of anilines is 1. The quantitative estimate of drug-likeness (QED) is 0.233. The lowest BCUT2D eigenvalue weighted by atomic mass is 10.2. The number of benzene rings is 1. The summed E-state index contributed by atoms with van der Waals surface area (Å²) in [4.78, 5) is 28.1. The number of aryl methyl sites for hydroxylation is 1. The predicted octanol–water partition coefficient (Wildman–Crippen LogP) is 3.91. The number of rotatable bonds is 6. The van der Waals surface area contributed by atoms with Gasteiger partial charge in [-0.25, -0.2) is 9.78 Å². The van der Waals surface area contributed by atoms with Gasteiger partial charge in [-0.1, -0.05) is 11.3 Å². The smallest absolute Gasteiger partial charge is 0.379 e. The maximum atomic E-state index is 11.8. The predicted molar refractivity (Wildman–Crippen MR) is 98.2 cm³/mol. The Morgan fingerprint density at radius 3 is 2.65 bits per heavy atom. The maximum Gasteiger partial charge on any atom is 0.379 e. The van der Waals surface area contributed by atoms with Crippen molar-refractivity contribution in [1.82, 2.24) is 4.98 Å². The van der Waals surface area contributed by atoms with Crippen LogP contribution >= 0.6 is 11.3 Å². The van der Waals surface area contributed by atoms with E-state index in [-0.39, 0.29) is 11.5 Å². The summed E-state index contributed by atoms with van der Waals surface area (Å²) in [5.74, 6) is -0.0307. The van der Waals surface area contributed by atoms with E-state index in [1.165, 1.54) is 30.6 Å². The van der Waals surface area contributed by atoms with E-state index in [2.05, 4.69) is 15.5 Å². The number of hydrogen-bond donors (Lipinski definition) is 1. The molecule has 0 bridgehead atoms. The molecule has 1 aromatic carbocycles. The second-order valence-corrected chi connectivity index (χ2v) is 6.29. The van der Waals surface area contributed by atoms with Crippen LogP contribution < -0.4 is 10.2 Å². The fraction of sp³-hybridized carbons (Fsp3) is 0.111. The Bertz CT molecular complexity index is 943. The minimum Gasteiger partial charge on any atom is -0.457 e. The van der Waals surface area contributed by atoms with Crippen molar-refractivity contribution >= 4 is 34.4 Å². The molecule has 0 aliphatic carbocycles. The zero-order valence-electron chi connectivity index (χ0n) is 14.1. The standard InChI is InChI=1S/C18H15N3O4S/c1-11-16(12(2)22)26-18(20-11)21-19-10-13-5-7-14(8-6-13)25-17(23)15-4-3-9-24-15/h3-10H,1-2H3,(H,20,21)/b19-10+. The van der Waals surface area contributed by atoms with Gasteiger partial charge < -0.3 is 9.15 Å². The van der Waals surface area contributed by atoms with E-state index >= 15 is 0 Å². The molecule has 0 amide bonds. The van der Waals surface area contributed by atoms with Crippen molar-refractivity contribution in [2.45, 2.75) is 13.8 Å². The molecule has 2 heterocycles. The van der Waals surface area contributed by atoms with Crippen molar-refractivity contribution in [2.24, 2.45) is 5.10 Å². The van der Waals surface area contributed by atoms with Crippen LogP contribution in [-0.4, -0.2) is 23.0 Å². The molecule has 0 unspecified atom stereocenters. The molecule has 0 fully saturated rings. The van der Waals surface area contributed by atoms with Crippen molar-refractivity contribution in [2.75, 3.05) is 5.43 Å². The largest absolute Gasteiger partial charge is 0.457 e. The van der Waals surface area contributed by atoms with Crippen molar-refractivity contribution in [3.63, 3.8) is 0 Å². The summed E-state index contributed by atoms with van der Waals surface area (Å²) in [6, 6.07) is 9.97. The van der Waals surface area contributed by atoms with Gasteiger partial charge in [0.15, 0.2) is 5.78 Å². The van der Waals surface area contributed by atoms with Gasteiger partial charge in [0.2, 0.25) is 10.9 Å². The summed E-state index contributed by atoms with van der Waals surface area (Å²) in [6.07, 6.45) is 3.01. The molecule has 0 radical (unpaired) electrons. The van der Waals surface area contributed by atoms with Crippen LogP contribution in [0.3, 0.4) is 0 Å². The number of ether oxygens (including phenoxy) is 1. The number of nitrogens with one attached hydrogen (secondary N) is 1. The van der Waals surface area contributed by atoms with Crippen LogP contribution in [0.1, 0.15) is 38.4 Å². The van der Waals surface area contributed by atoms with E-state index in [0.29, 0.717) is 21.5 Å². The van der Waals surface area contributed by atoms with Crippen LogP contribution in [0, 0.1) is 6.92 Å². The number of furan rings is 1. The number of esters is 1. The van der Waals surface area contributed by atoms with E-state index in [9.17, 15) is 9.59 Å². The fourth-order valence-electron chi connectivity index (χ4n) is 2.11. The summed E-state index contributed by atoms with van der Waals surface area (Å²) < 4.78 is 10.2. The van der Waals surface area contributed by atoms with E-state index in [0.717, 1.165) is 5.56 Å². The molecule has 0 spiro atoms. The molecule has 3 aromatic rings. The summed E-state index contributed by atoms with van der Waals surface area (Å²) in [5.41, 5.74) is 4.29. The van der Waals surface area contributed by atoms with Crippen LogP contribution in [0.2, 0.25) is 0 Å². The van der Waals surface area contributed by atoms with Gasteiger partial charge in [0, 0.05) is 6.92 Å². The molecule has 0 saturated heterocycles. The topological polar surface area (TPSA) is 93.8 Å². The average molecular weight is 369 g/mol. The molecule has 0 atom stereocenters. The lowest BCUT2D eigenvalue weighted by Gasteiger charge is -2.02. The zero-order chi connectivity index (χ0) is 18.5. The van der Waals surface area contributed by atoms with Gasteiger partial charge in [-0.2, -0.15) is 5.10 Å². The van der Waals surface area contributed by atoms with Gasteiger partial charge >= 0.3 is 5.97 Å². The first-order valence-corrected chi connectivity index (χ1v) is 8.48. The molecular weight excluding hydrogens is 354 g/mol. The number of carbonyl (C=O) groups is 2. The Hall–Kier alpha value is -3.26. The normalized spacial score (nSPS) is 10.8. The number of thiazole rings is 1. The number of nitrogens with zero attached hydrogens (tertiary/aromatic N) is 2. The Morgan fingerprint density at radius 2 is 2.04 bits per heavy atom. The summed E-state index contributed by atoms with van der Waals surface area (Å²) in [6.45, 7) is 3.29. The molecule has 26 heavy (non-hydrogen) atoms. The number of ketones is 1. The number of aromatic nitrogens is 1. The number of hydrazone groups is 1. The monoisotopic (exact) mass is 369 g/mol. The van der Waals surface area contributed by atoms with Gasteiger partial charge in [0.1, 0.15) is 5.75 Å². The Balaban J connectivity index is 1.58. The summed E-state index contributed by atoms with van der Waals surface area (Å²) >= 11 is 1.26. The second kappa shape index (κ2) is 7.75. The van der Waals surface area contributed by atoms with Crippen LogP contribution in [-0.2, 0) is 0 Å². The van der Waals surface area contributed by atoms with Crippen LogP contribution in [0.4, 0.5) is 5.13 Å². The molecule has 1 N–H and O–H groups in total. The first-order valence-electron chi connectivity index (χ1n) is 7.66. The number of hydrogen-bond acceptors (Lipinski definition) is 8. The molecule has 8 heteroatoms. The first kappa shape index (κ1) is 17.6. The van der Waals surface area contributed by atoms with E-state index < -0.39 is 5.97 Å². The maximum absolute atomic E-state index is 11.8. The molecule has 132 valence electrons. The molecule has 2 aromatic heterocycles. The highest BCUT2D eigenvalue weighted by Crippen LogP contribution is 2.22. The van der Waals surface area contributed by atoms with Gasteiger partial charge in [-0.05, 0) is 48.9 Å². The van der Waals surface area contributed by atoms with Gasteiger partial charge in [0.05, 0.1) is 23.0 Å². The summed E-state index contributed by atoms with van der Waals surface area (Å²) in [7, 11) is 0. The molecule has 0 aliphatic heterocycles. The molecule has 0 aliphatic rings. The third-order valence-corrected chi connectivity index (χ3v) is 4.47. The van der Waals surface area contributed by atoms with E-state index in [1.807, 2.05) is 0 Å². The van der Waals surface area contributed by atoms with E-state index in [1.54, 1.807) is 43.5 Å². The lowest BCUT2D eigenvalue weighted by molar-refractivity contribution is 0.0701. The first-order chi connectivity index (χ1) is 12.5. The zero-order valence-corrected chi connectivity index (χ0v) is 14.9. The van der Waals surface area contributed by atoms with E-state index in [4.69, 9.17) is 9.15 Å². The van der Waals surface area contributed by atoms with Crippen molar-refractivity contribution in [1.29, 1.82) is 0 Å². The van der Waals surface area contributed by atoms with Gasteiger partial charge in [0.25, 0.3) is 0 Å².